The van der Waals surface area contributed by atoms with Crippen LogP contribution in [0.3, 0.4) is 0 Å². The molecule has 0 aromatic heterocycles. The Kier molecular flexibility index (Phi) is 5.25. The predicted octanol–water partition coefficient (Wildman–Crippen LogP) is -0.148. The van der Waals surface area contributed by atoms with E-state index in [4.69, 9.17) is 5.73 Å². The molecule has 0 aromatic carbocycles. The number of amides is 2. The van der Waals surface area contributed by atoms with Gasteiger partial charge in [-0.1, -0.05) is 0 Å². The fraction of sp³-hybridized carbons (Fsp3) is 0.818. The van der Waals surface area contributed by atoms with Gasteiger partial charge in [0.05, 0.1) is 6.04 Å². The van der Waals surface area contributed by atoms with Crippen molar-refractivity contribution in [2.75, 3.05) is 19.6 Å². The summed E-state index contributed by atoms with van der Waals surface area (Å²) in [6.07, 6.45) is 3.56. The van der Waals surface area contributed by atoms with E-state index in [9.17, 15) is 9.59 Å². The molecule has 0 saturated carbocycles. The van der Waals surface area contributed by atoms with Crippen LogP contribution >= 0.6 is 0 Å². The highest BCUT2D eigenvalue weighted by molar-refractivity contribution is 5.81. The topological polar surface area (TPSA) is 75.4 Å². The molecule has 0 aromatic rings. The highest BCUT2D eigenvalue weighted by Crippen LogP contribution is 2.10. The smallest absolute Gasteiger partial charge is 0.239 e. The summed E-state index contributed by atoms with van der Waals surface area (Å²) in [6.45, 7) is 3.77. The van der Waals surface area contributed by atoms with E-state index >= 15 is 0 Å². The summed E-state index contributed by atoms with van der Waals surface area (Å²) in [5.74, 6) is 0.0137. The monoisotopic (exact) mass is 227 g/mol. The lowest BCUT2D eigenvalue weighted by atomic mass is 10.1. The first-order valence-electron chi connectivity index (χ1n) is 5.90. The van der Waals surface area contributed by atoms with E-state index in [1.807, 2.05) is 4.90 Å². The van der Waals surface area contributed by atoms with Gasteiger partial charge < -0.3 is 16.0 Å². The summed E-state index contributed by atoms with van der Waals surface area (Å²) in [4.78, 5) is 24.2. The van der Waals surface area contributed by atoms with Gasteiger partial charge in [0.2, 0.25) is 11.8 Å². The van der Waals surface area contributed by atoms with Gasteiger partial charge in [0.15, 0.2) is 0 Å². The quantitative estimate of drug-likeness (QED) is 0.641. The lowest BCUT2D eigenvalue weighted by Gasteiger charge is -2.20. The summed E-state index contributed by atoms with van der Waals surface area (Å²) >= 11 is 0. The van der Waals surface area contributed by atoms with Crippen LogP contribution in [-0.4, -0.2) is 42.4 Å². The molecule has 1 fully saturated rings. The molecule has 0 unspecified atom stereocenters. The van der Waals surface area contributed by atoms with Crippen molar-refractivity contribution in [3.05, 3.63) is 0 Å². The van der Waals surface area contributed by atoms with Gasteiger partial charge in [0.1, 0.15) is 0 Å². The molecule has 1 heterocycles. The Morgan fingerprint density at radius 1 is 1.38 bits per heavy atom. The van der Waals surface area contributed by atoms with Gasteiger partial charge in [-0.25, -0.2) is 0 Å². The zero-order valence-electron chi connectivity index (χ0n) is 9.87. The number of nitrogens with zero attached hydrogens (tertiary/aromatic N) is 1. The highest BCUT2D eigenvalue weighted by atomic mass is 16.2. The minimum absolute atomic E-state index is 0.0422. The number of hydrogen-bond acceptors (Lipinski definition) is 3. The zero-order valence-corrected chi connectivity index (χ0v) is 9.87. The van der Waals surface area contributed by atoms with Crippen molar-refractivity contribution in [3.8, 4) is 0 Å². The molecular formula is C11H21N3O2. The Morgan fingerprint density at radius 3 is 2.56 bits per heavy atom. The number of likely N-dealkylation sites (tertiary alicyclic amines) is 1. The Labute approximate surface area is 96.4 Å². The molecule has 0 aliphatic carbocycles. The van der Waals surface area contributed by atoms with Crippen LogP contribution in [0, 0.1) is 0 Å². The van der Waals surface area contributed by atoms with Gasteiger partial charge in [-0.2, -0.15) is 0 Å². The molecule has 1 atom stereocenters. The van der Waals surface area contributed by atoms with Gasteiger partial charge in [-0.3, -0.25) is 9.59 Å². The largest absolute Gasteiger partial charge is 0.356 e. The summed E-state index contributed by atoms with van der Waals surface area (Å²) in [6, 6.07) is -0.410. The molecule has 0 bridgehead atoms. The van der Waals surface area contributed by atoms with Crippen molar-refractivity contribution in [1.82, 2.24) is 10.2 Å². The fourth-order valence-corrected chi connectivity index (χ4v) is 1.88. The van der Waals surface area contributed by atoms with Crippen LogP contribution in [0.1, 0.15) is 32.6 Å². The standard InChI is InChI=1S/C11H21N3O2/c1-9(15)13-6-4-5-10(12)11(16)14-7-2-3-8-14/h10H,2-8,12H2,1H3,(H,13,15)/t10-/m0/s1. The molecule has 1 aliphatic rings. The van der Waals surface area contributed by atoms with E-state index in [2.05, 4.69) is 5.32 Å². The molecular weight excluding hydrogens is 206 g/mol. The highest BCUT2D eigenvalue weighted by Gasteiger charge is 2.22. The molecule has 0 radical (unpaired) electrons. The number of nitrogens with two attached hydrogens (primary N) is 1. The number of rotatable bonds is 5. The van der Waals surface area contributed by atoms with Gasteiger partial charge >= 0.3 is 0 Å². The van der Waals surface area contributed by atoms with Crippen LogP contribution in [0.2, 0.25) is 0 Å². The molecule has 92 valence electrons. The second-order valence-electron chi connectivity index (χ2n) is 4.26. The van der Waals surface area contributed by atoms with E-state index in [1.54, 1.807) is 0 Å². The molecule has 1 saturated heterocycles. The maximum absolute atomic E-state index is 11.8. The Hall–Kier alpha value is -1.10. The van der Waals surface area contributed by atoms with Crippen LogP contribution in [-0.2, 0) is 9.59 Å². The fourth-order valence-electron chi connectivity index (χ4n) is 1.88. The second-order valence-corrected chi connectivity index (χ2v) is 4.26. The number of hydrogen-bond donors (Lipinski definition) is 2. The number of nitrogens with one attached hydrogen (secondary N) is 1. The van der Waals surface area contributed by atoms with Crippen LogP contribution < -0.4 is 11.1 Å². The van der Waals surface area contributed by atoms with Crippen molar-refractivity contribution in [1.29, 1.82) is 0 Å². The summed E-state index contributed by atoms with van der Waals surface area (Å²) in [5.41, 5.74) is 5.81. The Morgan fingerprint density at radius 2 is 2.00 bits per heavy atom. The van der Waals surface area contributed by atoms with Crippen LogP contribution in [0.25, 0.3) is 0 Å². The van der Waals surface area contributed by atoms with Gasteiger partial charge in [-0.05, 0) is 25.7 Å². The van der Waals surface area contributed by atoms with E-state index in [-0.39, 0.29) is 11.8 Å². The van der Waals surface area contributed by atoms with Crippen LogP contribution in [0.5, 0.6) is 0 Å². The lowest BCUT2D eigenvalue weighted by Crippen LogP contribution is -2.42. The van der Waals surface area contributed by atoms with E-state index < -0.39 is 6.04 Å². The van der Waals surface area contributed by atoms with Gasteiger partial charge in [0, 0.05) is 26.6 Å². The molecule has 0 spiro atoms. The first-order chi connectivity index (χ1) is 7.61. The number of carbonyl (C=O) groups is 2. The minimum Gasteiger partial charge on any atom is -0.356 e. The van der Waals surface area contributed by atoms with Gasteiger partial charge in [-0.15, -0.1) is 0 Å². The third-order valence-electron chi connectivity index (χ3n) is 2.80. The Bertz CT molecular complexity index is 250. The van der Waals surface area contributed by atoms with Crippen LogP contribution in [0.4, 0.5) is 0 Å². The maximum atomic E-state index is 11.8. The van der Waals surface area contributed by atoms with E-state index in [0.717, 1.165) is 32.4 Å². The predicted molar refractivity (Wildman–Crippen MR) is 61.7 cm³/mol. The van der Waals surface area contributed by atoms with Crippen molar-refractivity contribution in [3.63, 3.8) is 0 Å². The summed E-state index contributed by atoms with van der Waals surface area (Å²) in [5, 5.41) is 2.69. The minimum atomic E-state index is -0.410. The summed E-state index contributed by atoms with van der Waals surface area (Å²) < 4.78 is 0. The SMILES string of the molecule is CC(=O)NCCC[C@H](N)C(=O)N1CCCC1. The van der Waals surface area contributed by atoms with Gasteiger partial charge in [0.25, 0.3) is 0 Å². The maximum Gasteiger partial charge on any atom is 0.239 e. The van der Waals surface area contributed by atoms with Crippen molar-refractivity contribution >= 4 is 11.8 Å². The average Bonchev–Trinajstić information content (AvgIpc) is 2.76. The zero-order chi connectivity index (χ0) is 12.0. The van der Waals surface area contributed by atoms with E-state index in [1.165, 1.54) is 6.92 Å². The number of carbonyl (C=O) groups excluding carboxylic acids is 2. The van der Waals surface area contributed by atoms with Crippen molar-refractivity contribution in [2.45, 2.75) is 38.6 Å². The first-order valence-corrected chi connectivity index (χ1v) is 5.90. The van der Waals surface area contributed by atoms with Crippen molar-refractivity contribution in [2.24, 2.45) is 5.73 Å². The third-order valence-corrected chi connectivity index (χ3v) is 2.80. The molecule has 2 amide bonds. The molecule has 3 N–H and O–H groups in total. The Balaban J connectivity index is 2.15. The average molecular weight is 227 g/mol. The molecule has 16 heavy (non-hydrogen) atoms. The van der Waals surface area contributed by atoms with Crippen LogP contribution in [0.15, 0.2) is 0 Å². The third kappa shape index (κ3) is 4.18. The summed E-state index contributed by atoms with van der Waals surface area (Å²) in [7, 11) is 0. The van der Waals surface area contributed by atoms with Crippen molar-refractivity contribution < 1.29 is 9.59 Å². The lowest BCUT2D eigenvalue weighted by molar-refractivity contribution is -0.131. The van der Waals surface area contributed by atoms with E-state index in [0.29, 0.717) is 13.0 Å². The second kappa shape index (κ2) is 6.48. The molecule has 5 heteroatoms. The first kappa shape index (κ1) is 13.0. The molecule has 5 nitrogen and oxygen atoms in total. The normalized spacial score (nSPS) is 17.2. The molecule has 1 aliphatic heterocycles. The molecule has 1 rings (SSSR count).